The van der Waals surface area contributed by atoms with Crippen molar-refractivity contribution in [2.45, 2.75) is 6.92 Å². The molecule has 0 aliphatic carbocycles. The third kappa shape index (κ3) is 5.66. The summed E-state index contributed by atoms with van der Waals surface area (Å²) in [6.45, 7) is 9.97. The summed E-state index contributed by atoms with van der Waals surface area (Å²) in [5.41, 5.74) is 2.08. The molecular formula is C19H28ClN5O. The molecule has 1 aromatic carbocycles. The second-order valence-electron chi connectivity index (χ2n) is 6.66. The number of amides is 1. The number of para-hydroxylation sites is 1. The molecule has 7 heteroatoms. The summed E-state index contributed by atoms with van der Waals surface area (Å²) in [6, 6.07) is 7.90. The summed E-state index contributed by atoms with van der Waals surface area (Å²) in [5, 5.41) is 4.08. The van der Waals surface area contributed by atoms with Gasteiger partial charge in [-0.3, -0.25) is 4.79 Å². The molecule has 0 saturated carbocycles. The van der Waals surface area contributed by atoms with Gasteiger partial charge in [0.25, 0.3) is 0 Å². The van der Waals surface area contributed by atoms with Crippen molar-refractivity contribution in [3.8, 4) is 0 Å². The second kappa shape index (κ2) is 9.48. The number of hydrogen-bond donors (Lipinski definition) is 1. The van der Waals surface area contributed by atoms with Crippen molar-refractivity contribution in [2.75, 3.05) is 58.3 Å². The number of likely N-dealkylation sites (N-methyl/N-ethyl adjacent to an activating group) is 1. The van der Waals surface area contributed by atoms with E-state index in [1.807, 2.05) is 31.2 Å². The van der Waals surface area contributed by atoms with Gasteiger partial charge in [-0.2, -0.15) is 0 Å². The maximum Gasteiger partial charge on any atom is 0.243 e. The molecule has 1 amide bonds. The molecule has 142 valence electrons. The minimum absolute atomic E-state index is 0.0191. The van der Waals surface area contributed by atoms with E-state index < -0.39 is 0 Å². The van der Waals surface area contributed by atoms with E-state index in [1.165, 1.54) is 0 Å². The van der Waals surface area contributed by atoms with E-state index in [9.17, 15) is 4.79 Å². The maximum atomic E-state index is 11.9. The predicted octanol–water partition coefficient (Wildman–Crippen LogP) is 2.07. The molecule has 0 unspecified atom stereocenters. The summed E-state index contributed by atoms with van der Waals surface area (Å²) < 4.78 is 0. The Bertz CT molecular complexity index is 666. The van der Waals surface area contributed by atoms with Gasteiger partial charge in [0.1, 0.15) is 6.54 Å². The number of guanidine groups is 1. The van der Waals surface area contributed by atoms with Crippen LogP contribution < -0.4 is 10.2 Å². The molecule has 1 saturated heterocycles. The summed E-state index contributed by atoms with van der Waals surface area (Å²) in [4.78, 5) is 22.4. The molecule has 1 fully saturated rings. The highest BCUT2D eigenvalue weighted by Gasteiger charge is 2.21. The van der Waals surface area contributed by atoms with E-state index in [-0.39, 0.29) is 12.5 Å². The molecule has 26 heavy (non-hydrogen) atoms. The molecule has 2 rings (SSSR count). The first kappa shape index (κ1) is 20.1. The Hall–Kier alpha value is -2.21. The van der Waals surface area contributed by atoms with Crippen molar-refractivity contribution >= 4 is 29.2 Å². The van der Waals surface area contributed by atoms with Gasteiger partial charge in [0.05, 0.1) is 10.7 Å². The number of benzene rings is 1. The average molecular weight is 378 g/mol. The number of anilines is 1. The number of carbonyl (C=O) groups is 1. The third-order valence-corrected chi connectivity index (χ3v) is 4.50. The van der Waals surface area contributed by atoms with Gasteiger partial charge in [-0.05, 0) is 19.1 Å². The van der Waals surface area contributed by atoms with E-state index in [0.29, 0.717) is 6.54 Å². The molecule has 1 aliphatic rings. The lowest BCUT2D eigenvalue weighted by atomic mass is 10.2. The van der Waals surface area contributed by atoms with Crippen LogP contribution in [0.1, 0.15) is 6.92 Å². The number of rotatable bonds is 5. The molecule has 6 nitrogen and oxygen atoms in total. The summed E-state index contributed by atoms with van der Waals surface area (Å²) in [7, 11) is 3.47. The lowest BCUT2D eigenvalue weighted by Gasteiger charge is -2.38. The van der Waals surface area contributed by atoms with Gasteiger partial charge in [-0.1, -0.05) is 35.9 Å². The number of hydrogen-bond acceptors (Lipinski definition) is 3. The summed E-state index contributed by atoms with van der Waals surface area (Å²) in [5.74, 6) is 0.733. The van der Waals surface area contributed by atoms with Crippen LogP contribution in [0.5, 0.6) is 0 Å². The van der Waals surface area contributed by atoms with Crippen molar-refractivity contribution in [2.24, 2.45) is 4.99 Å². The first-order chi connectivity index (χ1) is 12.4. The Kier molecular flexibility index (Phi) is 7.33. The fourth-order valence-corrected chi connectivity index (χ4v) is 2.90. The number of halogens is 1. The van der Waals surface area contributed by atoms with Gasteiger partial charge in [-0.15, -0.1) is 0 Å². The highest BCUT2D eigenvalue weighted by molar-refractivity contribution is 6.33. The van der Waals surface area contributed by atoms with Gasteiger partial charge in [0, 0.05) is 46.8 Å². The van der Waals surface area contributed by atoms with Crippen molar-refractivity contribution in [1.82, 2.24) is 15.1 Å². The zero-order valence-electron chi connectivity index (χ0n) is 15.8. The van der Waals surface area contributed by atoms with Crippen LogP contribution in [0.4, 0.5) is 5.69 Å². The van der Waals surface area contributed by atoms with Gasteiger partial charge in [-0.25, -0.2) is 4.99 Å². The minimum atomic E-state index is -0.0191. The standard InChI is InChI=1S/C19H28ClN5O/c1-15(2)13-21-19(22-14-18(26)23(3)4)25-11-9-24(10-12-25)17-8-6-5-7-16(17)20/h5-8H,1,9-14H2,2-4H3,(H,21,22). The Morgan fingerprint density at radius 3 is 2.50 bits per heavy atom. The SMILES string of the molecule is C=C(C)CNC(=NCC(=O)N(C)C)N1CCN(c2ccccc2Cl)CC1. The highest BCUT2D eigenvalue weighted by Crippen LogP contribution is 2.25. The van der Waals surface area contributed by atoms with Crippen LogP contribution in [0.2, 0.25) is 5.02 Å². The van der Waals surface area contributed by atoms with Crippen LogP contribution >= 0.6 is 11.6 Å². The quantitative estimate of drug-likeness (QED) is 0.485. The lowest BCUT2D eigenvalue weighted by molar-refractivity contribution is -0.127. The predicted molar refractivity (Wildman–Crippen MR) is 109 cm³/mol. The van der Waals surface area contributed by atoms with E-state index in [2.05, 4.69) is 26.7 Å². The topological polar surface area (TPSA) is 51.2 Å². The first-order valence-electron chi connectivity index (χ1n) is 8.75. The Balaban J connectivity index is 2.02. The molecule has 1 aliphatic heterocycles. The molecule has 1 N–H and O–H groups in total. The third-order valence-electron chi connectivity index (χ3n) is 4.18. The van der Waals surface area contributed by atoms with E-state index in [1.54, 1.807) is 19.0 Å². The van der Waals surface area contributed by atoms with Crippen LogP contribution in [0.25, 0.3) is 0 Å². The van der Waals surface area contributed by atoms with Gasteiger partial charge in [0.2, 0.25) is 5.91 Å². The Labute approximate surface area is 161 Å². The monoisotopic (exact) mass is 377 g/mol. The van der Waals surface area contributed by atoms with E-state index >= 15 is 0 Å². The van der Waals surface area contributed by atoms with Crippen LogP contribution in [0, 0.1) is 0 Å². The zero-order valence-corrected chi connectivity index (χ0v) is 16.6. The van der Waals surface area contributed by atoms with E-state index in [0.717, 1.165) is 48.4 Å². The lowest BCUT2D eigenvalue weighted by Crippen LogP contribution is -2.53. The zero-order chi connectivity index (χ0) is 19.1. The number of aliphatic imine (C=N–C) groups is 1. The Morgan fingerprint density at radius 2 is 1.92 bits per heavy atom. The number of nitrogens with one attached hydrogen (secondary N) is 1. The fourth-order valence-electron chi connectivity index (χ4n) is 2.65. The van der Waals surface area contributed by atoms with Gasteiger partial charge < -0.3 is 20.0 Å². The maximum absolute atomic E-state index is 11.9. The molecule has 1 aromatic rings. The van der Waals surface area contributed by atoms with Crippen molar-refractivity contribution < 1.29 is 4.79 Å². The van der Waals surface area contributed by atoms with Crippen LogP contribution in [0.15, 0.2) is 41.4 Å². The van der Waals surface area contributed by atoms with Gasteiger partial charge in [0.15, 0.2) is 5.96 Å². The largest absolute Gasteiger partial charge is 0.367 e. The molecule has 0 radical (unpaired) electrons. The fraction of sp³-hybridized carbons (Fsp3) is 0.474. The minimum Gasteiger partial charge on any atom is -0.367 e. The highest BCUT2D eigenvalue weighted by atomic mass is 35.5. The molecular weight excluding hydrogens is 350 g/mol. The average Bonchev–Trinajstić information content (AvgIpc) is 2.62. The van der Waals surface area contributed by atoms with Crippen LogP contribution in [0.3, 0.4) is 0 Å². The number of carbonyl (C=O) groups excluding carboxylic acids is 1. The molecule has 0 bridgehead atoms. The number of nitrogens with zero attached hydrogens (tertiary/aromatic N) is 4. The van der Waals surface area contributed by atoms with Crippen molar-refractivity contribution in [3.05, 3.63) is 41.4 Å². The van der Waals surface area contributed by atoms with Gasteiger partial charge >= 0.3 is 0 Å². The Morgan fingerprint density at radius 1 is 1.27 bits per heavy atom. The summed E-state index contributed by atoms with van der Waals surface area (Å²) in [6.07, 6.45) is 0. The van der Waals surface area contributed by atoms with Crippen LogP contribution in [-0.2, 0) is 4.79 Å². The van der Waals surface area contributed by atoms with Crippen molar-refractivity contribution in [3.63, 3.8) is 0 Å². The molecule has 0 aromatic heterocycles. The number of piperazine rings is 1. The molecule has 0 atom stereocenters. The molecule has 1 heterocycles. The summed E-state index contributed by atoms with van der Waals surface area (Å²) >= 11 is 6.31. The normalized spacial score (nSPS) is 15.0. The smallest absolute Gasteiger partial charge is 0.243 e. The van der Waals surface area contributed by atoms with E-state index in [4.69, 9.17) is 11.6 Å². The van der Waals surface area contributed by atoms with Crippen molar-refractivity contribution in [1.29, 1.82) is 0 Å². The first-order valence-corrected chi connectivity index (χ1v) is 9.13. The van der Waals surface area contributed by atoms with Crippen LogP contribution in [-0.4, -0.2) is 75.0 Å². The molecule has 0 spiro atoms. The second-order valence-corrected chi connectivity index (χ2v) is 7.07.